The van der Waals surface area contributed by atoms with E-state index in [2.05, 4.69) is 33.2 Å². The maximum Gasteiger partial charge on any atom is 0.407 e. The summed E-state index contributed by atoms with van der Waals surface area (Å²) in [6.45, 7) is 16.4. The highest BCUT2D eigenvalue weighted by atomic mass is 16.6. The van der Waals surface area contributed by atoms with Crippen LogP contribution in [-0.4, -0.2) is 231 Å². The Morgan fingerprint density at radius 1 is 0.737 bits per heavy atom. The normalized spacial score (nSPS) is 33.4. The van der Waals surface area contributed by atoms with E-state index in [1.54, 1.807) is 45.2 Å². The van der Waals surface area contributed by atoms with Gasteiger partial charge in [0.2, 0.25) is 17.7 Å². The van der Waals surface area contributed by atoms with Crippen molar-refractivity contribution in [3.05, 3.63) is 54.1 Å². The third-order valence-corrected chi connectivity index (χ3v) is 21.8. The van der Waals surface area contributed by atoms with Gasteiger partial charge in [-0.1, -0.05) is 39.1 Å². The van der Waals surface area contributed by atoms with E-state index in [4.69, 9.17) is 79.6 Å². The summed E-state index contributed by atoms with van der Waals surface area (Å²) in [5, 5.41) is 25.2. The largest absolute Gasteiger partial charge is 0.445 e. The van der Waals surface area contributed by atoms with Crippen molar-refractivity contribution in [2.24, 2.45) is 47.0 Å². The molecule has 0 radical (unpaired) electrons. The molecule has 99 heavy (non-hydrogen) atoms. The first-order chi connectivity index (χ1) is 47.8. The fraction of sp³-hybridized carbons (Fsp3) is 0.778. The molecule has 10 N–H and O–H groups in total. The van der Waals surface area contributed by atoms with Crippen LogP contribution in [0.4, 0.5) is 15.3 Å². The second kappa shape index (κ2) is 36.8. The number of rotatable bonds is 32. The third kappa shape index (κ3) is 20.6. The topological polar surface area (TPSA) is 355 Å². The van der Waals surface area contributed by atoms with Gasteiger partial charge < -0.3 is 105 Å². The third-order valence-electron chi connectivity index (χ3n) is 21.8. The number of carbonyl (C=O) groups excluding carboxylic acids is 6. The Labute approximate surface area is 582 Å². The molecule has 27 heteroatoms. The first-order valence-electron chi connectivity index (χ1n) is 36.3. The van der Waals surface area contributed by atoms with Crippen LogP contribution >= 0.6 is 0 Å². The molecule has 27 nitrogen and oxygen atoms in total. The fourth-order valence-electron chi connectivity index (χ4n) is 16.9. The Bertz CT molecular complexity index is 2850. The molecule has 3 unspecified atom stereocenters. The lowest BCUT2D eigenvalue weighted by Crippen LogP contribution is -2.57. The minimum absolute atomic E-state index is 0.0173. The molecule has 1 aromatic rings. The van der Waals surface area contributed by atoms with Crippen molar-refractivity contribution >= 4 is 41.3 Å². The first kappa shape index (κ1) is 76.4. The van der Waals surface area contributed by atoms with Gasteiger partial charge in [0.1, 0.15) is 24.5 Å². The van der Waals surface area contributed by atoms with Gasteiger partial charge in [-0.15, -0.1) is 0 Å². The molecule has 6 amide bonds. The Morgan fingerprint density at radius 3 is 2.18 bits per heavy atom. The SMILES string of the molecule is C=C1C[C@@H]2CC3[C@@H]4C[C@H](CC[C@@H]1O2)O[C@H](C[C@@H]1O[C@H](C[C@H](O)CNC(=O)OCc2ccc(NC(=O)[C@H](CCCNC(N)=O)NC(=O)C(NC(=O)CCOCCOCCOCCOCCN)C(C)C)cc2)[C@H](OC)[C@H]1CC(=O)C[C@H]1CC[C@@H]2CC5C[C@@H](OC[C@]36C[C@@H](OC)[C@@H]5O6)[C@H]2O1)C4=C. The van der Waals surface area contributed by atoms with Gasteiger partial charge in [-0.2, -0.15) is 0 Å². The zero-order valence-electron chi connectivity index (χ0n) is 58.4. The van der Waals surface area contributed by atoms with E-state index in [0.717, 1.165) is 68.9 Å². The van der Waals surface area contributed by atoms with Crippen molar-refractivity contribution in [2.75, 3.05) is 98.6 Å². The highest BCUT2D eigenvalue weighted by Crippen LogP contribution is 2.56. The molecule has 1 spiro atoms. The number of carbonyl (C=O) groups is 6. The highest BCUT2D eigenvalue weighted by Gasteiger charge is 2.62. The van der Waals surface area contributed by atoms with Crippen LogP contribution in [0.3, 0.4) is 0 Å². The molecule has 21 atom stereocenters. The fourth-order valence-corrected chi connectivity index (χ4v) is 16.9. The summed E-state index contributed by atoms with van der Waals surface area (Å²) in [6.07, 6.45) is 4.33. The molecule has 554 valence electrons. The molecule has 10 rings (SSSR count). The van der Waals surface area contributed by atoms with E-state index < -0.39 is 84.0 Å². The number of fused-ring (bicyclic) bond motifs is 10. The Morgan fingerprint density at radius 2 is 1.46 bits per heavy atom. The number of ether oxygens (including phenoxy) is 13. The van der Waals surface area contributed by atoms with Crippen LogP contribution < -0.4 is 38.1 Å². The lowest BCUT2D eigenvalue weighted by molar-refractivity contribution is -0.242. The first-order valence-corrected chi connectivity index (χ1v) is 36.3. The molecule has 11 bridgehead atoms. The maximum atomic E-state index is 14.6. The predicted octanol–water partition coefficient (Wildman–Crippen LogP) is 4.60. The minimum Gasteiger partial charge on any atom is -0.445 e. The number of nitrogens with two attached hydrogens (primary N) is 2. The summed E-state index contributed by atoms with van der Waals surface area (Å²) < 4.78 is 82.7. The van der Waals surface area contributed by atoms with Gasteiger partial charge in [0.25, 0.3) is 0 Å². The molecular formula is C72H111N7O20. The van der Waals surface area contributed by atoms with Gasteiger partial charge in [-0.05, 0) is 129 Å². The van der Waals surface area contributed by atoms with E-state index >= 15 is 0 Å². The number of aliphatic hydroxyl groups is 1. The van der Waals surface area contributed by atoms with Crippen molar-refractivity contribution in [1.82, 2.24) is 21.3 Å². The average Bonchev–Trinajstić information content (AvgIpc) is 1.61. The quantitative estimate of drug-likeness (QED) is 0.0361. The molecule has 8 saturated heterocycles. The maximum absolute atomic E-state index is 14.6. The standard InChI is InChI=1S/C72H111N7O20/c1-41(2)64(79-63(82)17-20-89-22-24-91-26-27-92-25-23-90-21-18-73)69(84)78-56(8-7-19-75-70(74)85)68(83)77-47-12-9-44(10-13-47)39-93-71(86)76-38-49(81)33-61-67(88-6)54-32-48(80)31-50-14-11-45-29-46-30-60(65(45)97-50)94-40-72(37-62(87-5)66(46)99-72)55-35-52-28-42(3)57(96-52)16-15-51-34-53(55)43(4)58(95-51)36-59(54)98-61/h9-10,12-13,41,45-46,49-62,64-67,81H,3-4,7-8,11,14-40,73H2,1-2,5-6H3,(H,76,86)(H,77,83)(H,78,84)(H,79,82)(H3,74,75,85)/t45-,46?,49+,50-,51+,52-,53-,54+,55?,56+,57+,58-,59+,60-,61-,62-,64?,65+,66-,67-,72-/m1/s1. The van der Waals surface area contributed by atoms with Crippen LogP contribution in [0, 0.1) is 35.5 Å². The number of alkyl carbamates (subject to hydrolysis) is 1. The van der Waals surface area contributed by atoms with Crippen molar-refractivity contribution in [3.8, 4) is 0 Å². The number of benzene rings is 1. The molecule has 9 aliphatic rings. The second-order valence-corrected chi connectivity index (χ2v) is 29.0. The molecule has 9 fully saturated rings. The van der Waals surface area contributed by atoms with Gasteiger partial charge >= 0.3 is 12.1 Å². The lowest BCUT2D eigenvalue weighted by atomic mass is 9.66. The second-order valence-electron chi connectivity index (χ2n) is 29.0. The number of amides is 6. The van der Waals surface area contributed by atoms with Gasteiger partial charge in [0.15, 0.2) is 0 Å². The summed E-state index contributed by atoms with van der Waals surface area (Å²) >= 11 is 0. The highest BCUT2D eigenvalue weighted by molar-refractivity contribution is 5.98. The Hall–Kier alpha value is -5.24. The van der Waals surface area contributed by atoms with Crippen LogP contribution in [0.1, 0.15) is 129 Å². The molecule has 1 aliphatic carbocycles. The number of nitrogens with one attached hydrogen (secondary N) is 5. The van der Waals surface area contributed by atoms with E-state index in [-0.39, 0.29) is 156 Å². The summed E-state index contributed by atoms with van der Waals surface area (Å²) in [6, 6.07) is 3.77. The summed E-state index contributed by atoms with van der Waals surface area (Å²) in [7, 11) is 3.42. The van der Waals surface area contributed by atoms with Gasteiger partial charge in [0.05, 0.1) is 144 Å². The van der Waals surface area contributed by atoms with Crippen LogP contribution in [0.25, 0.3) is 0 Å². The number of ketones is 1. The number of urea groups is 1. The summed E-state index contributed by atoms with van der Waals surface area (Å²) in [5.41, 5.74) is 13.0. The van der Waals surface area contributed by atoms with Crippen molar-refractivity contribution in [3.63, 3.8) is 0 Å². The number of aliphatic hydroxyl groups excluding tert-OH is 1. The van der Waals surface area contributed by atoms with Crippen molar-refractivity contribution in [1.29, 1.82) is 0 Å². The number of methoxy groups -OCH3 is 2. The Kier molecular flexibility index (Phi) is 28.4. The van der Waals surface area contributed by atoms with E-state index in [9.17, 15) is 33.9 Å². The van der Waals surface area contributed by atoms with Crippen molar-refractivity contribution in [2.45, 2.75) is 227 Å². The van der Waals surface area contributed by atoms with Gasteiger partial charge in [-0.3, -0.25) is 19.2 Å². The molecule has 8 aliphatic heterocycles. The number of primary amides is 1. The van der Waals surface area contributed by atoms with Gasteiger partial charge in [-0.25, -0.2) is 9.59 Å². The zero-order valence-corrected chi connectivity index (χ0v) is 58.4. The number of anilines is 1. The molecule has 0 aromatic heterocycles. The lowest BCUT2D eigenvalue weighted by Gasteiger charge is -2.52. The summed E-state index contributed by atoms with van der Waals surface area (Å²) in [5.74, 6) is -1.78. The predicted molar refractivity (Wildman–Crippen MR) is 361 cm³/mol. The zero-order chi connectivity index (χ0) is 70.2. The summed E-state index contributed by atoms with van der Waals surface area (Å²) in [4.78, 5) is 79.8. The van der Waals surface area contributed by atoms with Crippen LogP contribution in [-0.2, 0) is 87.4 Å². The smallest absolute Gasteiger partial charge is 0.407 e. The van der Waals surface area contributed by atoms with Crippen LogP contribution in [0.2, 0.25) is 0 Å². The van der Waals surface area contributed by atoms with Gasteiger partial charge in [0, 0.05) is 84.0 Å². The number of hydrogen-bond donors (Lipinski definition) is 8. The average molecular weight is 1390 g/mol. The van der Waals surface area contributed by atoms with Crippen LogP contribution in [0.5, 0.6) is 0 Å². The van der Waals surface area contributed by atoms with Crippen molar-refractivity contribution < 1.29 is 95.5 Å². The van der Waals surface area contributed by atoms with E-state index in [1.165, 1.54) is 0 Å². The molecular weight excluding hydrogens is 1280 g/mol. The monoisotopic (exact) mass is 1390 g/mol. The molecule has 1 aromatic carbocycles. The van der Waals surface area contributed by atoms with E-state index in [0.29, 0.717) is 76.9 Å². The van der Waals surface area contributed by atoms with E-state index in [1.807, 2.05) is 7.11 Å². The van der Waals surface area contributed by atoms with Crippen LogP contribution in [0.15, 0.2) is 48.6 Å². The molecule has 1 saturated carbocycles. The minimum atomic E-state index is -1.09. The number of hydrogen-bond acceptors (Lipinski definition) is 21. The number of Topliss-reactive ketones (excluding diaryl/α,β-unsaturated/α-hetero) is 1. The Balaban J connectivity index is 0.726. The molecule has 8 heterocycles.